The van der Waals surface area contributed by atoms with Gasteiger partial charge in [0, 0.05) is 36.6 Å². The summed E-state index contributed by atoms with van der Waals surface area (Å²) in [5.74, 6) is 1.41. The fourth-order valence-electron chi connectivity index (χ4n) is 15.6. The molecule has 7 rings (SSSR count). The summed E-state index contributed by atoms with van der Waals surface area (Å²) < 4.78 is 30.7. The van der Waals surface area contributed by atoms with E-state index in [4.69, 9.17) is 10.5 Å². The smallest absolute Gasteiger partial charge is 0.309 e. The number of allylic oxidation sites excluding steroid dienone is 1. The second-order valence-electron chi connectivity index (χ2n) is 21.9. The number of hydrogen-bond acceptors (Lipinski definition) is 8. The fraction of sp³-hybridized carbons (Fsp3) is 0.911. The highest BCUT2D eigenvalue weighted by Gasteiger charge is 2.71. The van der Waals surface area contributed by atoms with Crippen molar-refractivity contribution in [2.45, 2.75) is 150 Å². The Balaban J connectivity index is 1.07. The van der Waals surface area contributed by atoms with E-state index in [1.54, 1.807) is 0 Å². The minimum Gasteiger partial charge on any atom is -0.481 e. The maximum absolute atomic E-state index is 13.6. The van der Waals surface area contributed by atoms with Crippen molar-refractivity contribution in [2.75, 3.05) is 37.7 Å². The van der Waals surface area contributed by atoms with Crippen molar-refractivity contribution in [3.63, 3.8) is 0 Å². The zero-order valence-corrected chi connectivity index (χ0v) is 36.4. The number of rotatable bonds is 10. The van der Waals surface area contributed by atoms with Crippen molar-refractivity contribution >= 4 is 21.8 Å². The molecular weight excluding hydrogens is 711 g/mol. The molecule has 0 spiro atoms. The number of carboxylic acid groups (broad SMARTS) is 1. The van der Waals surface area contributed by atoms with Crippen LogP contribution in [0.4, 0.5) is 0 Å². The lowest BCUT2D eigenvalue weighted by Crippen LogP contribution is -2.69. The molecule has 1 heterocycles. The Hall–Kier alpha value is -1.49. The first-order chi connectivity index (χ1) is 25.6. The maximum Gasteiger partial charge on any atom is 0.309 e. The Bertz CT molecular complexity index is 1630. The lowest BCUT2D eigenvalue weighted by atomic mass is 9.32. The molecule has 0 aromatic heterocycles. The SMILES string of the molecule is C=C(C)[C@@H]1CC[C@]2(NCC[C@@H](CN)N3CCS(=O)(=O)CC3)CC[C@]3(C)[C@H](CC[C@@H]4[C@@]5(C)CC[C@H](OC(=O)[C@H]6C[C@@H](C(=O)O)C6(C)C)C(C)(C)[C@@H]5CC[C@]43C)[C@@H]12. The number of nitrogens with one attached hydrogen (secondary N) is 1. The van der Waals surface area contributed by atoms with Crippen LogP contribution in [0.5, 0.6) is 0 Å². The molecule has 0 aromatic carbocycles. The van der Waals surface area contributed by atoms with Gasteiger partial charge >= 0.3 is 11.9 Å². The van der Waals surface area contributed by atoms with Crippen LogP contribution in [0.15, 0.2) is 12.2 Å². The van der Waals surface area contributed by atoms with Crippen molar-refractivity contribution < 1.29 is 27.9 Å². The van der Waals surface area contributed by atoms with Crippen molar-refractivity contribution in [3.8, 4) is 0 Å². The molecule has 7 fully saturated rings. The maximum atomic E-state index is 13.6. The second kappa shape index (κ2) is 14.1. The largest absolute Gasteiger partial charge is 0.481 e. The molecule has 55 heavy (non-hydrogen) atoms. The number of hydrogen-bond donors (Lipinski definition) is 3. The van der Waals surface area contributed by atoms with E-state index in [1.807, 2.05) is 13.8 Å². The van der Waals surface area contributed by atoms with Gasteiger partial charge in [-0.25, -0.2) is 8.42 Å². The molecule has 0 unspecified atom stereocenters. The first-order valence-corrected chi connectivity index (χ1v) is 23.9. The van der Waals surface area contributed by atoms with Crippen LogP contribution in [0.1, 0.15) is 132 Å². The number of aliphatic carboxylic acids is 1. The lowest BCUT2D eigenvalue weighted by Gasteiger charge is -2.73. The van der Waals surface area contributed by atoms with Gasteiger partial charge in [-0.2, -0.15) is 0 Å². The molecule has 0 bridgehead atoms. The normalized spacial score (nSPS) is 46.1. The van der Waals surface area contributed by atoms with E-state index < -0.39 is 27.1 Å². The number of esters is 1. The van der Waals surface area contributed by atoms with E-state index >= 15 is 0 Å². The van der Waals surface area contributed by atoms with Gasteiger partial charge in [-0.05, 0) is 142 Å². The zero-order valence-electron chi connectivity index (χ0n) is 35.6. The molecule has 0 amide bonds. The predicted octanol–water partition coefficient (Wildman–Crippen LogP) is 7.09. The van der Waals surface area contributed by atoms with Gasteiger partial charge in [-0.1, -0.05) is 60.6 Å². The van der Waals surface area contributed by atoms with Gasteiger partial charge in [0.25, 0.3) is 0 Å². The summed E-state index contributed by atoms with van der Waals surface area (Å²) in [4.78, 5) is 27.7. The topological polar surface area (TPSA) is 139 Å². The highest BCUT2D eigenvalue weighted by atomic mass is 32.2. The summed E-state index contributed by atoms with van der Waals surface area (Å²) in [5, 5.41) is 13.9. The van der Waals surface area contributed by atoms with E-state index in [0.29, 0.717) is 55.6 Å². The van der Waals surface area contributed by atoms with E-state index in [2.05, 4.69) is 58.3 Å². The van der Waals surface area contributed by atoms with Gasteiger partial charge in [0.2, 0.25) is 0 Å². The van der Waals surface area contributed by atoms with Crippen LogP contribution in [0.25, 0.3) is 0 Å². The minimum atomic E-state index is -2.92. The molecule has 10 heteroatoms. The summed E-state index contributed by atoms with van der Waals surface area (Å²) in [5.41, 5.74) is 7.62. The summed E-state index contributed by atoms with van der Waals surface area (Å²) in [6.07, 6.45) is 12.8. The summed E-state index contributed by atoms with van der Waals surface area (Å²) in [7, 11) is -2.92. The standard InChI is InChI=1S/C45H75N3O6S/c1-28(2)30-12-18-45(47-21-15-29(27-46)48-22-24-55(52,53)25-23-48)20-19-43(8)31(37(30)45)10-11-35-42(7)16-14-36(41(5,6)34(42)13-17-44(35,43)9)54-39(51)33-26-32(38(49)50)40(33,3)4/h29-37,47H,1,10-27,46H2,2-9H3,(H,49,50)/t29-,30-,31+,32-,33+,34-,35+,36-,37+,42-,43+,44+,45-/m0/s1. The van der Waals surface area contributed by atoms with Crippen LogP contribution in [-0.4, -0.2) is 85.7 Å². The zero-order chi connectivity index (χ0) is 40.1. The molecule has 7 aliphatic rings. The number of carbonyl (C=O) groups is 2. The highest BCUT2D eigenvalue weighted by Crippen LogP contribution is 2.76. The molecule has 0 aromatic rings. The van der Waals surface area contributed by atoms with E-state index in [9.17, 15) is 23.1 Å². The number of carboxylic acids is 1. The van der Waals surface area contributed by atoms with Gasteiger partial charge in [0.1, 0.15) is 6.10 Å². The number of fused-ring (bicyclic) bond motifs is 7. The van der Waals surface area contributed by atoms with Gasteiger partial charge in [0.15, 0.2) is 9.84 Å². The highest BCUT2D eigenvalue weighted by molar-refractivity contribution is 7.91. The van der Waals surface area contributed by atoms with Crippen LogP contribution in [0.2, 0.25) is 0 Å². The van der Waals surface area contributed by atoms with Crippen molar-refractivity contribution in [3.05, 3.63) is 12.2 Å². The van der Waals surface area contributed by atoms with Gasteiger partial charge in [0.05, 0.1) is 23.3 Å². The first kappa shape index (κ1) is 41.7. The van der Waals surface area contributed by atoms with Crippen molar-refractivity contribution in [1.29, 1.82) is 0 Å². The van der Waals surface area contributed by atoms with Gasteiger partial charge in [-0.3, -0.25) is 14.5 Å². The van der Waals surface area contributed by atoms with Crippen LogP contribution >= 0.6 is 0 Å². The van der Waals surface area contributed by atoms with Crippen LogP contribution in [-0.2, 0) is 24.2 Å². The van der Waals surface area contributed by atoms with Crippen LogP contribution in [0, 0.1) is 68.5 Å². The number of nitrogens with zero attached hydrogens (tertiary/aromatic N) is 1. The third-order valence-corrected chi connectivity index (χ3v) is 20.8. The van der Waals surface area contributed by atoms with Gasteiger partial charge < -0.3 is 20.9 Å². The lowest BCUT2D eigenvalue weighted by molar-refractivity contribution is -0.248. The average Bonchev–Trinajstić information content (AvgIpc) is 3.48. The first-order valence-electron chi connectivity index (χ1n) is 22.1. The molecule has 13 atom stereocenters. The average molecular weight is 786 g/mol. The Morgan fingerprint density at radius 2 is 1.56 bits per heavy atom. The van der Waals surface area contributed by atoms with E-state index in [1.165, 1.54) is 50.5 Å². The molecule has 1 saturated heterocycles. The third kappa shape index (κ3) is 6.42. The molecule has 9 nitrogen and oxygen atoms in total. The minimum absolute atomic E-state index is 0.103. The molecule has 4 N–H and O–H groups in total. The summed E-state index contributed by atoms with van der Waals surface area (Å²) in [6, 6.07) is 0.201. The fourth-order valence-corrected chi connectivity index (χ4v) is 16.9. The number of sulfone groups is 1. The van der Waals surface area contributed by atoms with Crippen LogP contribution in [0.3, 0.4) is 0 Å². The summed E-state index contributed by atoms with van der Waals surface area (Å²) in [6.45, 7) is 26.0. The number of nitrogens with two attached hydrogens (primary N) is 1. The van der Waals surface area contributed by atoms with E-state index in [0.717, 1.165) is 32.2 Å². The molecule has 0 radical (unpaired) electrons. The number of ether oxygens (including phenoxy) is 1. The van der Waals surface area contributed by atoms with Crippen molar-refractivity contribution in [1.82, 2.24) is 10.2 Å². The Labute approximate surface area is 333 Å². The number of carbonyl (C=O) groups excluding carboxylic acids is 1. The van der Waals surface area contributed by atoms with E-state index in [-0.39, 0.29) is 62.7 Å². The molecule has 1 aliphatic heterocycles. The van der Waals surface area contributed by atoms with Crippen LogP contribution < -0.4 is 11.1 Å². The third-order valence-electron chi connectivity index (χ3n) is 19.2. The summed E-state index contributed by atoms with van der Waals surface area (Å²) >= 11 is 0. The second-order valence-corrected chi connectivity index (χ2v) is 24.2. The molecule has 312 valence electrons. The Morgan fingerprint density at radius 1 is 0.873 bits per heavy atom. The Kier molecular flexibility index (Phi) is 10.7. The molecule has 6 saturated carbocycles. The monoisotopic (exact) mass is 786 g/mol. The van der Waals surface area contributed by atoms with Crippen molar-refractivity contribution in [2.24, 2.45) is 74.2 Å². The molecule has 6 aliphatic carbocycles. The molecular formula is C45H75N3O6S. The van der Waals surface area contributed by atoms with Gasteiger partial charge in [-0.15, -0.1) is 0 Å². The quantitative estimate of drug-likeness (QED) is 0.157. The predicted molar refractivity (Wildman–Crippen MR) is 218 cm³/mol. The Morgan fingerprint density at radius 3 is 2.18 bits per heavy atom.